The van der Waals surface area contributed by atoms with Crippen molar-refractivity contribution in [2.75, 3.05) is 24.4 Å². The zero-order valence-electron chi connectivity index (χ0n) is 22.3. The Labute approximate surface area is 232 Å². The van der Waals surface area contributed by atoms with Gasteiger partial charge in [0, 0.05) is 11.4 Å². The van der Waals surface area contributed by atoms with Crippen molar-refractivity contribution in [1.29, 1.82) is 0 Å². The third kappa shape index (κ3) is 7.48. The zero-order chi connectivity index (χ0) is 28.3. The van der Waals surface area contributed by atoms with Crippen molar-refractivity contribution in [3.8, 4) is 5.75 Å². The quantitative estimate of drug-likeness (QED) is 0.227. The van der Waals surface area contributed by atoms with E-state index in [4.69, 9.17) is 14.2 Å². The van der Waals surface area contributed by atoms with E-state index >= 15 is 0 Å². The molecule has 4 rings (SSSR count). The fourth-order valence-electron chi connectivity index (χ4n) is 4.07. The van der Waals surface area contributed by atoms with Gasteiger partial charge in [0.25, 0.3) is 0 Å². The van der Waals surface area contributed by atoms with Crippen molar-refractivity contribution in [2.45, 2.75) is 19.4 Å². The summed E-state index contributed by atoms with van der Waals surface area (Å²) in [5.74, 6) is -0.600. The highest BCUT2D eigenvalue weighted by atomic mass is 16.5. The maximum atomic E-state index is 12.7. The minimum atomic E-state index is -0.601. The molecule has 40 heavy (non-hydrogen) atoms. The molecule has 0 fully saturated rings. The number of amides is 2. The largest absolute Gasteiger partial charge is 0.480 e. The molecule has 4 aromatic carbocycles. The first-order chi connectivity index (χ1) is 19.5. The van der Waals surface area contributed by atoms with Gasteiger partial charge in [0.1, 0.15) is 17.4 Å². The summed E-state index contributed by atoms with van der Waals surface area (Å²) < 4.78 is 16.3. The number of nitrogens with one attached hydrogen (secondary N) is 2. The van der Waals surface area contributed by atoms with Gasteiger partial charge in [-0.25, -0.2) is 9.59 Å². The first-order valence-corrected chi connectivity index (χ1v) is 12.8. The lowest BCUT2D eigenvalue weighted by molar-refractivity contribution is -0.142. The minimum Gasteiger partial charge on any atom is -0.480 e. The van der Waals surface area contributed by atoms with Crippen molar-refractivity contribution >= 4 is 29.3 Å². The summed E-state index contributed by atoms with van der Waals surface area (Å²) in [7, 11) is 1.29. The fourth-order valence-corrected chi connectivity index (χ4v) is 4.07. The normalized spacial score (nSPS) is 10.5. The SMILES string of the molecule is CCOC(=O)Cc1ccc(NC(=O)Nc2ccc(OC(c3ccccc3)c3ccccc3)c(C(=O)OC)c2)cc1. The Kier molecular flexibility index (Phi) is 9.50. The van der Waals surface area contributed by atoms with Crippen molar-refractivity contribution in [3.63, 3.8) is 0 Å². The monoisotopic (exact) mass is 538 g/mol. The van der Waals surface area contributed by atoms with E-state index in [1.807, 2.05) is 60.7 Å². The van der Waals surface area contributed by atoms with Crippen LogP contribution in [0.25, 0.3) is 0 Å². The number of hydrogen-bond acceptors (Lipinski definition) is 6. The lowest BCUT2D eigenvalue weighted by atomic mass is 10.0. The van der Waals surface area contributed by atoms with Crippen LogP contribution in [-0.2, 0) is 20.7 Å². The molecular formula is C32H30N2O6. The number of benzene rings is 4. The predicted molar refractivity (Wildman–Crippen MR) is 153 cm³/mol. The number of ether oxygens (including phenoxy) is 3. The van der Waals surface area contributed by atoms with Crippen LogP contribution in [0.3, 0.4) is 0 Å². The van der Waals surface area contributed by atoms with E-state index in [1.54, 1.807) is 43.3 Å². The molecule has 0 aliphatic carbocycles. The van der Waals surface area contributed by atoms with Crippen LogP contribution >= 0.6 is 0 Å². The molecule has 0 saturated carbocycles. The highest BCUT2D eigenvalue weighted by Gasteiger charge is 2.21. The molecule has 0 heterocycles. The number of anilines is 2. The van der Waals surface area contributed by atoms with E-state index in [1.165, 1.54) is 13.2 Å². The minimum absolute atomic E-state index is 0.153. The molecular weight excluding hydrogens is 508 g/mol. The summed E-state index contributed by atoms with van der Waals surface area (Å²) >= 11 is 0. The molecule has 0 spiro atoms. The Morgan fingerprint density at radius 2 is 1.32 bits per heavy atom. The molecule has 2 amide bonds. The molecule has 0 unspecified atom stereocenters. The maximum absolute atomic E-state index is 12.7. The summed E-state index contributed by atoms with van der Waals surface area (Å²) in [6, 6.07) is 30.5. The number of hydrogen-bond donors (Lipinski definition) is 2. The van der Waals surface area contributed by atoms with E-state index in [0.29, 0.717) is 23.7 Å². The van der Waals surface area contributed by atoms with Gasteiger partial charge < -0.3 is 24.8 Å². The first kappa shape index (κ1) is 27.9. The Hall–Kier alpha value is -5.11. The highest BCUT2D eigenvalue weighted by molar-refractivity contribution is 6.01. The molecule has 0 saturated heterocycles. The second-order valence-corrected chi connectivity index (χ2v) is 8.78. The molecule has 8 heteroatoms. The van der Waals surface area contributed by atoms with E-state index < -0.39 is 18.1 Å². The summed E-state index contributed by atoms with van der Waals surface area (Å²) in [6.07, 6.45) is -0.319. The number of carbonyl (C=O) groups is 3. The molecule has 0 atom stereocenters. The summed E-state index contributed by atoms with van der Waals surface area (Å²) in [6.45, 7) is 2.08. The predicted octanol–water partition coefficient (Wildman–Crippen LogP) is 6.39. The smallest absolute Gasteiger partial charge is 0.341 e. The van der Waals surface area contributed by atoms with Crippen LogP contribution < -0.4 is 15.4 Å². The van der Waals surface area contributed by atoms with Gasteiger partial charge in [-0.3, -0.25) is 4.79 Å². The average Bonchev–Trinajstić information content (AvgIpc) is 2.98. The van der Waals surface area contributed by atoms with Gasteiger partial charge in [-0.15, -0.1) is 0 Å². The molecule has 2 N–H and O–H groups in total. The lowest BCUT2D eigenvalue weighted by Crippen LogP contribution is -2.20. The van der Waals surface area contributed by atoms with E-state index in [9.17, 15) is 14.4 Å². The summed E-state index contributed by atoms with van der Waals surface area (Å²) in [5, 5.41) is 5.46. The molecule has 0 aromatic heterocycles. The Morgan fingerprint density at radius 3 is 1.90 bits per heavy atom. The molecule has 0 bridgehead atoms. The molecule has 0 aliphatic rings. The first-order valence-electron chi connectivity index (χ1n) is 12.8. The number of methoxy groups -OCH3 is 1. The number of carbonyl (C=O) groups excluding carboxylic acids is 3. The summed E-state index contributed by atoms with van der Waals surface area (Å²) in [5.41, 5.74) is 3.68. The third-order valence-corrected chi connectivity index (χ3v) is 5.96. The topological polar surface area (TPSA) is 103 Å². The second-order valence-electron chi connectivity index (χ2n) is 8.78. The van der Waals surface area contributed by atoms with Crippen LogP contribution in [0.4, 0.5) is 16.2 Å². The second kappa shape index (κ2) is 13.6. The van der Waals surface area contributed by atoms with E-state index in [-0.39, 0.29) is 18.0 Å². The zero-order valence-corrected chi connectivity index (χ0v) is 22.3. The van der Waals surface area contributed by atoms with Crippen molar-refractivity contribution in [1.82, 2.24) is 0 Å². The van der Waals surface area contributed by atoms with Gasteiger partial charge >= 0.3 is 18.0 Å². The Morgan fingerprint density at radius 1 is 0.750 bits per heavy atom. The van der Waals surface area contributed by atoms with E-state index in [0.717, 1.165) is 16.7 Å². The Bertz CT molecular complexity index is 1400. The highest BCUT2D eigenvalue weighted by Crippen LogP contribution is 2.32. The fraction of sp³-hybridized carbons (Fsp3) is 0.156. The number of urea groups is 1. The van der Waals surface area contributed by atoms with Crippen LogP contribution in [0.5, 0.6) is 5.75 Å². The summed E-state index contributed by atoms with van der Waals surface area (Å²) in [4.78, 5) is 37.0. The van der Waals surface area contributed by atoms with Gasteiger partial charge in [0.2, 0.25) is 0 Å². The third-order valence-electron chi connectivity index (χ3n) is 5.96. The maximum Gasteiger partial charge on any atom is 0.341 e. The molecule has 204 valence electrons. The standard InChI is InChI=1S/C32H30N2O6/c1-3-39-29(35)20-22-14-16-25(17-15-22)33-32(37)34-26-18-19-28(27(21-26)31(36)38-2)40-30(23-10-6-4-7-11-23)24-12-8-5-9-13-24/h4-19,21,30H,3,20H2,1-2H3,(H2,33,34,37). The average molecular weight is 539 g/mol. The van der Waals surface area contributed by atoms with Crippen molar-refractivity contribution in [2.24, 2.45) is 0 Å². The van der Waals surface area contributed by atoms with Crippen LogP contribution in [0, 0.1) is 0 Å². The van der Waals surface area contributed by atoms with Crippen LogP contribution in [0.1, 0.15) is 40.1 Å². The van der Waals surface area contributed by atoms with Crippen LogP contribution in [0.15, 0.2) is 103 Å². The lowest BCUT2D eigenvalue weighted by Gasteiger charge is -2.22. The van der Waals surface area contributed by atoms with Gasteiger partial charge in [0.05, 0.1) is 20.1 Å². The van der Waals surface area contributed by atoms with Crippen molar-refractivity contribution < 1.29 is 28.6 Å². The van der Waals surface area contributed by atoms with E-state index in [2.05, 4.69) is 10.6 Å². The molecule has 4 aromatic rings. The van der Waals surface area contributed by atoms with Gasteiger partial charge in [-0.2, -0.15) is 0 Å². The van der Waals surface area contributed by atoms with Gasteiger partial charge in [-0.1, -0.05) is 72.8 Å². The van der Waals surface area contributed by atoms with Gasteiger partial charge in [-0.05, 0) is 53.9 Å². The number of rotatable bonds is 10. The Balaban J connectivity index is 1.50. The molecule has 0 radical (unpaired) electrons. The molecule has 8 nitrogen and oxygen atoms in total. The van der Waals surface area contributed by atoms with Crippen LogP contribution in [-0.4, -0.2) is 31.7 Å². The van der Waals surface area contributed by atoms with Crippen molar-refractivity contribution in [3.05, 3.63) is 125 Å². The van der Waals surface area contributed by atoms with Gasteiger partial charge in [0.15, 0.2) is 0 Å². The van der Waals surface area contributed by atoms with Crippen LogP contribution in [0.2, 0.25) is 0 Å². The molecule has 0 aliphatic heterocycles. The number of esters is 2.